The number of hydrogen-bond donors (Lipinski definition) is 4. The van der Waals surface area contributed by atoms with Crippen molar-refractivity contribution in [2.75, 3.05) is 12.3 Å². The SMILES string of the molecule is CC(C)(CCC(=O)O)NC(=O)NCCS(N)(=O)=O. The minimum absolute atomic E-state index is 0.0650. The number of carboxylic acids is 1. The highest BCUT2D eigenvalue weighted by molar-refractivity contribution is 7.89. The van der Waals surface area contributed by atoms with Crippen LogP contribution in [0.3, 0.4) is 0 Å². The van der Waals surface area contributed by atoms with Gasteiger partial charge in [-0.1, -0.05) is 0 Å². The van der Waals surface area contributed by atoms with Crippen LogP contribution in [0.1, 0.15) is 26.7 Å². The summed E-state index contributed by atoms with van der Waals surface area (Å²) < 4.78 is 21.2. The Labute approximate surface area is 106 Å². The van der Waals surface area contributed by atoms with E-state index in [1.54, 1.807) is 13.8 Å². The zero-order valence-electron chi connectivity index (χ0n) is 10.4. The van der Waals surface area contributed by atoms with E-state index in [1.807, 2.05) is 0 Å². The molecule has 0 aliphatic carbocycles. The molecule has 0 aliphatic rings. The molecule has 0 saturated carbocycles. The molecule has 18 heavy (non-hydrogen) atoms. The summed E-state index contributed by atoms with van der Waals surface area (Å²) in [4.78, 5) is 21.8. The second kappa shape index (κ2) is 6.55. The van der Waals surface area contributed by atoms with Crippen LogP contribution >= 0.6 is 0 Å². The standard InChI is InChI=1S/C9H19N3O5S/c1-9(2,4-3-7(13)14)12-8(15)11-5-6-18(10,16)17/h3-6H2,1-2H3,(H,13,14)(H2,10,16,17)(H2,11,12,15). The molecule has 0 atom stereocenters. The van der Waals surface area contributed by atoms with E-state index in [9.17, 15) is 18.0 Å². The molecule has 0 bridgehead atoms. The zero-order valence-corrected chi connectivity index (χ0v) is 11.2. The lowest BCUT2D eigenvalue weighted by molar-refractivity contribution is -0.137. The number of primary sulfonamides is 1. The van der Waals surface area contributed by atoms with Crippen LogP contribution < -0.4 is 15.8 Å². The van der Waals surface area contributed by atoms with E-state index < -0.39 is 27.6 Å². The summed E-state index contributed by atoms with van der Waals surface area (Å²) in [5, 5.41) is 18.2. The van der Waals surface area contributed by atoms with Crippen LogP contribution in [0, 0.1) is 0 Å². The number of carboxylic acid groups (broad SMARTS) is 1. The highest BCUT2D eigenvalue weighted by atomic mass is 32.2. The van der Waals surface area contributed by atoms with Crippen molar-refractivity contribution in [3.63, 3.8) is 0 Å². The highest BCUT2D eigenvalue weighted by Gasteiger charge is 2.21. The number of carbonyl (C=O) groups excluding carboxylic acids is 1. The van der Waals surface area contributed by atoms with E-state index in [4.69, 9.17) is 10.2 Å². The van der Waals surface area contributed by atoms with Crippen LogP contribution in [0.15, 0.2) is 0 Å². The molecule has 0 aliphatic heterocycles. The fourth-order valence-corrected chi connectivity index (χ4v) is 1.53. The van der Waals surface area contributed by atoms with E-state index in [0.29, 0.717) is 0 Å². The minimum Gasteiger partial charge on any atom is -0.481 e. The normalized spacial score (nSPS) is 11.9. The molecular formula is C9H19N3O5S. The number of rotatable bonds is 7. The summed E-state index contributed by atoms with van der Waals surface area (Å²) in [6, 6.07) is -0.561. The molecule has 0 aromatic heterocycles. The number of nitrogens with one attached hydrogen (secondary N) is 2. The second-order valence-corrected chi connectivity index (χ2v) is 6.26. The number of hydrogen-bond acceptors (Lipinski definition) is 4. The third-order valence-electron chi connectivity index (χ3n) is 2.09. The number of carbonyl (C=O) groups is 2. The van der Waals surface area contributed by atoms with Gasteiger partial charge in [-0.15, -0.1) is 0 Å². The fourth-order valence-electron chi connectivity index (χ4n) is 1.14. The maximum atomic E-state index is 11.4. The molecule has 0 aromatic rings. The molecule has 5 N–H and O–H groups in total. The Balaban J connectivity index is 4.03. The lowest BCUT2D eigenvalue weighted by Gasteiger charge is -2.25. The Morgan fingerprint density at radius 3 is 2.33 bits per heavy atom. The van der Waals surface area contributed by atoms with E-state index in [-0.39, 0.29) is 25.1 Å². The van der Waals surface area contributed by atoms with Crippen molar-refractivity contribution in [1.82, 2.24) is 10.6 Å². The van der Waals surface area contributed by atoms with E-state index in [1.165, 1.54) is 0 Å². The van der Waals surface area contributed by atoms with Gasteiger partial charge < -0.3 is 15.7 Å². The van der Waals surface area contributed by atoms with Crippen LogP contribution in [0.5, 0.6) is 0 Å². The molecule has 0 aromatic carbocycles. The fraction of sp³-hybridized carbons (Fsp3) is 0.778. The molecule has 9 heteroatoms. The Morgan fingerprint density at radius 2 is 1.89 bits per heavy atom. The first-order valence-electron chi connectivity index (χ1n) is 5.30. The van der Waals surface area contributed by atoms with Crippen LogP contribution in [-0.4, -0.2) is 43.4 Å². The first kappa shape index (κ1) is 16.6. The van der Waals surface area contributed by atoms with Crippen molar-refractivity contribution in [3.05, 3.63) is 0 Å². The Morgan fingerprint density at radius 1 is 1.33 bits per heavy atom. The van der Waals surface area contributed by atoms with Gasteiger partial charge in [0.1, 0.15) is 0 Å². The average molecular weight is 281 g/mol. The summed E-state index contributed by atoms with van der Waals surface area (Å²) in [6.07, 6.45) is 0.204. The van der Waals surface area contributed by atoms with Crippen LogP contribution in [0.2, 0.25) is 0 Å². The molecule has 8 nitrogen and oxygen atoms in total. The minimum atomic E-state index is -3.61. The monoisotopic (exact) mass is 281 g/mol. The van der Waals surface area contributed by atoms with Crippen LogP contribution in [0.4, 0.5) is 4.79 Å². The molecule has 0 radical (unpaired) electrons. The number of amides is 2. The van der Waals surface area contributed by atoms with Gasteiger partial charge in [0.15, 0.2) is 0 Å². The van der Waals surface area contributed by atoms with Crippen molar-refractivity contribution in [1.29, 1.82) is 0 Å². The van der Waals surface area contributed by atoms with E-state index in [0.717, 1.165) is 0 Å². The first-order valence-corrected chi connectivity index (χ1v) is 7.02. The first-order chi connectivity index (χ1) is 8.02. The van der Waals surface area contributed by atoms with Crippen LogP contribution in [0.25, 0.3) is 0 Å². The summed E-state index contributed by atoms with van der Waals surface area (Å²) in [5.41, 5.74) is -0.690. The number of urea groups is 1. The van der Waals surface area contributed by atoms with Crippen molar-refractivity contribution >= 4 is 22.0 Å². The third kappa shape index (κ3) is 9.85. The molecule has 0 saturated heterocycles. The second-order valence-electron chi connectivity index (χ2n) is 4.53. The van der Waals surface area contributed by atoms with Crippen molar-refractivity contribution in [2.24, 2.45) is 5.14 Å². The smallest absolute Gasteiger partial charge is 0.315 e. The molecule has 106 valence electrons. The van der Waals surface area contributed by atoms with Gasteiger partial charge in [0, 0.05) is 18.5 Å². The molecular weight excluding hydrogens is 262 g/mol. The van der Waals surface area contributed by atoms with Gasteiger partial charge in [-0.05, 0) is 20.3 Å². The number of sulfonamides is 1. The molecule has 0 fully saturated rings. The van der Waals surface area contributed by atoms with Gasteiger partial charge in [0.2, 0.25) is 10.0 Å². The largest absolute Gasteiger partial charge is 0.481 e. The zero-order chi connectivity index (χ0) is 14.4. The van der Waals surface area contributed by atoms with Gasteiger partial charge in [0.05, 0.1) is 5.75 Å². The average Bonchev–Trinajstić information content (AvgIpc) is 2.12. The molecule has 0 unspecified atom stereocenters. The lowest BCUT2D eigenvalue weighted by Crippen LogP contribution is -2.49. The van der Waals surface area contributed by atoms with Gasteiger partial charge >= 0.3 is 12.0 Å². The Hall–Kier alpha value is -1.35. The van der Waals surface area contributed by atoms with Crippen molar-refractivity contribution in [3.8, 4) is 0 Å². The Kier molecular flexibility index (Phi) is 6.06. The van der Waals surface area contributed by atoms with Crippen molar-refractivity contribution < 1.29 is 23.1 Å². The Bertz CT molecular complexity index is 404. The topological polar surface area (TPSA) is 139 Å². The van der Waals surface area contributed by atoms with E-state index >= 15 is 0 Å². The molecule has 0 spiro atoms. The quantitative estimate of drug-likeness (QED) is 0.484. The van der Waals surface area contributed by atoms with Gasteiger partial charge in [-0.3, -0.25) is 4.79 Å². The van der Waals surface area contributed by atoms with Crippen molar-refractivity contribution in [2.45, 2.75) is 32.2 Å². The molecule has 2 amide bonds. The number of aliphatic carboxylic acids is 1. The van der Waals surface area contributed by atoms with Gasteiger partial charge in [-0.25, -0.2) is 18.4 Å². The molecule has 0 heterocycles. The number of nitrogens with two attached hydrogens (primary N) is 1. The highest BCUT2D eigenvalue weighted by Crippen LogP contribution is 2.10. The maximum Gasteiger partial charge on any atom is 0.315 e. The summed E-state index contributed by atoms with van der Waals surface area (Å²) >= 11 is 0. The summed E-state index contributed by atoms with van der Waals surface area (Å²) in [7, 11) is -3.61. The van der Waals surface area contributed by atoms with Gasteiger partial charge in [0.25, 0.3) is 0 Å². The third-order valence-corrected chi connectivity index (χ3v) is 2.86. The van der Waals surface area contributed by atoms with Crippen LogP contribution in [-0.2, 0) is 14.8 Å². The van der Waals surface area contributed by atoms with Gasteiger partial charge in [-0.2, -0.15) is 0 Å². The predicted octanol–water partition coefficient (Wildman–Crippen LogP) is -0.782. The summed E-state index contributed by atoms with van der Waals surface area (Å²) in [6.45, 7) is 3.25. The van der Waals surface area contributed by atoms with E-state index in [2.05, 4.69) is 10.6 Å². The lowest BCUT2D eigenvalue weighted by atomic mass is 9.99. The predicted molar refractivity (Wildman–Crippen MR) is 65.5 cm³/mol. The molecule has 0 rings (SSSR count). The maximum absolute atomic E-state index is 11.4. The summed E-state index contributed by atoms with van der Waals surface area (Å²) in [5.74, 6) is -1.30.